The number of ether oxygens (including phenoxy) is 1. The summed E-state index contributed by atoms with van der Waals surface area (Å²) in [6.07, 6.45) is 1.06. The van der Waals surface area contributed by atoms with E-state index in [-0.39, 0.29) is 12.6 Å². The third-order valence-electron chi connectivity index (χ3n) is 3.80. The molecule has 0 saturated carbocycles. The highest BCUT2D eigenvalue weighted by Gasteiger charge is 2.21. The van der Waals surface area contributed by atoms with Crippen LogP contribution in [0, 0.1) is 0 Å². The number of anilines is 1. The second kappa shape index (κ2) is 8.42. The molecule has 6 nitrogen and oxygen atoms in total. The Morgan fingerprint density at radius 3 is 2.23 bits per heavy atom. The van der Waals surface area contributed by atoms with E-state index in [0.717, 1.165) is 21.9 Å². The van der Waals surface area contributed by atoms with Gasteiger partial charge in [-0.25, -0.2) is 8.42 Å². The minimum absolute atomic E-state index is 0.278. The van der Waals surface area contributed by atoms with Crippen molar-refractivity contribution in [3.8, 4) is 5.75 Å². The first kappa shape index (κ1) is 20.1. The normalized spacial score (nSPS) is 12.3. The zero-order valence-electron chi connectivity index (χ0n) is 14.8. The monoisotopic (exact) mass is 396 g/mol. The molecule has 0 radical (unpaired) electrons. The van der Waals surface area contributed by atoms with Gasteiger partial charge in [0.2, 0.25) is 15.9 Å². The van der Waals surface area contributed by atoms with Gasteiger partial charge in [-0.05, 0) is 48.9 Å². The molecule has 2 aromatic rings. The van der Waals surface area contributed by atoms with E-state index in [0.29, 0.717) is 10.7 Å². The number of hydrogen-bond acceptors (Lipinski definition) is 4. The SMILES string of the molecule is COc1ccc([C@H](C)NC(=O)CN(c2ccc(Cl)cc2)S(C)(=O)=O)cc1. The minimum Gasteiger partial charge on any atom is -0.497 e. The highest BCUT2D eigenvalue weighted by Crippen LogP contribution is 2.21. The van der Waals surface area contributed by atoms with Crippen LogP contribution in [0.15, 0.2) is 48.5 Å². The van der Waals surface area contributed by atoms with Crippen LogP contribution in [0.5, 0.6) is 5.75 Å². The molecule has 2 rings (SSSR count). The molecule has 140 valence electrons. The number of nitrogens with one attached hydrogen (secondary N) is 1. The first-order chi connectivity index (χ1) is 12.2. The van der Waals surface area contributed by atoms with E-state index in [9.17, 15) is 13.2 Å². The second-order valence-electron chi connectivity index (χ2n) is 5.81. The van der Waals surface area contributed by atoms with Crippen molar-refractivity contribution in [3.63, 3.8) is 0 Å². The maximum absolute atomic E-state index is 12.4. The van der Waals surface area contributed by atoms with Crippen LogP contribution >= 0.6 is 11.6 Å². The smallest absolute Gasteiger partial charge is 0.241 e. The molecule has 0 saturated heterocycles. The van der Waals surface area contributed by atoms with E-state index >= 15 is 0 Å². The summed E-state index contributed by atoms with van der Waals surface area (Å²) in [5.74, 6) is 0.312. The number of hydrogen-bond donors (Lipinski definition) is 1. The quantitative estimate of drug-likeness (QED) is 0.780. The number of rotatable bonds is 7. The maximum Gasteiger partial charge on any atom is 0.241 e. The fourth-order valence-electron chi connectivity index (χ4n) is 2.40. The van der Waals surface area contributed by atoms with Gasteiger partial charge >= 0.3 is 0 Å². The molecule has 0 aliphatic rings. The molecule has 2 aromatic carbocycles. The highest BCUT2D eigenvalue weighted by molar-refractivity contribution is 7.92. The standard InChI is InChI=1S/C18H21ClN2O4S/c1-13(14-4-10-17(25-2)11-5-14)20-18(22)12-21(26(3,23)24)16-8-6-15(19)7-9-16/h4-11,13H,12H2,1-3H3,(H,20,22)/t13-/m0/s1. The van der Waals surface area contributed by atoms with Crippen molar-refractivity contribution in [3.05, 3.63) is 59.1 Å². The molecule has 0 heterocycles. The number of nitrogens with zero attached hydrogens (tertiary/aromatic N) is 1. The number of carbonyl (C=O) groups excluding carboxylic acids is 1. The van der Waals surface area contributed by atoms with E-state index < -0.39 is 15.9 Å². The van der Waals surface area contributed by atoms with E-state index in [1.54, 1.807) is 43.5 Å². The first-order valence-corrected chi connectivity index (χ1v) is 10.1. The molecular weight excluding hydrogens is 376 g/mol. The van der Waals surface area contributed by atoms with Gasteiger partial charge in [0.1, 0.15) is 12.3 Å². The van der Waals surface area contributed by atoms with Gasteiger partial charge in [-0.2, -0.15) is 0 Å². The van der Waals surface area contributed by atoms with Gasteiger partial charge in [0, 0.05) is 5.02 Å². The fourth-order valence-corrected chi connectivity index (χ4v) is 3.38. The molecule has 1 amide bonds. The summed E-state index contributed by atoms with van der Waals surface area (Å²) in [6, 6.07) is 13.3. The van der Waals surface area contributed by atoms with E-state index in [1.807, 2.05) is 19.1 Å². The summed E-state index contributed by atoms with van der Waals surface area (Å²) in [7, 11) is -2.04. The van der Waals surface area contributed by atoms with Crippen LogP contribution in [0.3, 0.4) is 0 Å². The van der Waals surface area contributed by atoms with Gasteiger partial charge in [0.05, 0.1) is 25.1 Å². The molecule has 0 aliphatic carbocycles. The molecule has 1 N–H and O–H groups in total. The van der Waals surface area contributed by atoms with Crippen molar-refractivity contribution < 1.29 is 17.9 Å². The van der Waals surface area contributed by atoms with Crippen LogP contribution in [0.25, 0.3) is 0 Å². The van der Waals surface area contributed by atoms with Crippen LogP contribution in [0.1, 0.15) is 18.5 Å². The number of amides is 1. The lowest BCUT2D eigenvalue weighted by atomic mass is 10.1. The van der Waals surface area contributed by atoms with Crippen molar-refractivity contribution in [1.29, 1.82) is 0 Å². The van der Waals surface area contributed by atoms with Gasteiger partial charge in [0.15, 0.2) is 0 Å². The summed E-state index contributed by atoms with van der Waals surface area (Å²) in [6.45, 7) is 1.51. The lowest BCUT2D eigenvalue weighted by molar-refractivity contribution is -0.120. The lowest BCUT2D eigenvalue weighted by Gasteiger charge is -2.23. The van der Waals surface area contributed by atoms with Crippen molar-refractivity contribution in [2.45, 2.75) is 13.0 Å². The molecule has 0 bridgehead atoms. The average Bonchev–Trinajstić information content (AvgIpc) is 2.59. The van der Waals surface area contributed by atoms with E-state index in [4.69, 9.17) is 16.3 Å². The Kier molecular flexibility index (Phi) is 6.50. The van der Waals surface area contributed by atoms with Crippen molar-refractivity contribution in [1.82, 2.24) is 5.32 Å². The molecule has 0 spiro atoms. The summed E-state index contributed by atoms with van der Waals surface area (Å²) >= 11 is 5.84. The van der Waals surface area contributed by atoms with Crippen molar-refractivity contribution in [2.24, 2.45) is 0 Å². The number of carbonyl (C=O) groups is 1. The Balaban J connectivity index is 2.10. The third-order valence-corrected chi connectivity index (χ3v) is 5.19. The van der Waals surface area contributed by atoms with E-state index in [1.165, 1.54) is 0 Å². The van der Waals surface area contributed by atoms with Gasteiger partial charge in [0.25, 0.3) is 0 Å². The zero-order chi connectivity index (χ0) is 19.3. The van der Waals surface area contributed by atoms with Crippen LogP contribution in [-0.4, -0.2) is 34.2 Å². The van der Waals surface area contributed by atoms with E-state index in [2.05, 4.69) is 5.32 Å². The topological polar surface area (TPSA) is 75.7 Å². The van der Waals surface area contributed by atoms with Crippen molar-refractivity contribution in [2.75, 3.05) is 24.2 Å². The number of halogens is 1. The van der Waals surface area contributed by atoms with Gasteiger partial charge in [-0.3, -0.25) is 9.10 Å². The molecular formula is C18H21ClN2O4S. The summed E-state index contributed by atoms with van der Waals surface area (Å²) in [5.41, 5.74) is 1.26. The molecule has 0 fully saturated rings. The van der Waals surface area contributed by atoms with Crippen LogP contribution < -0.4 is 14.4 Å². The number of benzene rings is 2. The average molecular weight is 397 g/mol. The largest absolute Gasteiger partial charge is 0.497 e. The Morgan fingerprint density at radius 2 is 1.73 bits per heavy atom. The summed E-state index contributed by atoms with van der Waals surface area (Å²) in [4.78, 5) is 12.4. The minimum atomic E-state index is -3.62. The second-order valence-corrected chi connectivity index (χ2v) is 8.15. The van der Waals surface area contributed by atoms with Crippen LogP contribution in [0.2, 0.25) is 5.02 Å². The van der Waals surface area contributed by atoms with Gasteiger partial charge < -0.3 is 10.1 Å². The Bertz CT molecular complexity index is 852. The van der Waals surface area contributed by atoms with Crippen LogP contribution in [-0.2, 0) is 14.8 Å². The van der Waals surface area contributed by atoms with Crippen molar-refractivity contribution >= 4 is 33.2 Å². The fraction of sp³-hybridized carbons (Fsp3) is 0.278. The zero-order valence-corrected chi connectivity index (χ0v) is 16.3. The Morgan fingerprint density at radius 1 is 1.15 bits per heavy atom. The molecule has 1 atom stereocenters. The Hall–Kier alpha value is -2.25. The Labute approximate surface area is 158 Å². The predicted molar refractivity (Wildman–Crippen MR) is 103 cm³/mol. The molecule has 0 aliphatic heterocycles. The molecule has 8 heteroatoms. The first-order valence-electron chi connectivity index (χ1n) is 7.87. The molecule has 26 heavy (non-hydrogen) atoms. The molecule has 0 unspecified atom stereocenters. The highest BCUT2D eigenvalue weighted by atomic mass is 35.5. The van der Waals surface area contributed by atoms with Gasteiger partial charge in [-0.15, -0.1) is 0 Å². The predicted octanol–water partition coefficient (Wildman–Crippen LogP) is 2.99. The summed E-state index contributed by atoms with van der Waals surface area (Å²) in [5, 5.41) is 3.29. The number of methoxy groups -OCH3 is 1. The molecule has 0 aromatic heterocycles. The number of sulfonamides is 1. The lowest BCUT2D eigenvalue weighted by Crippen LogP contribution is -2.41. The van der Waals surface area contributed by atoms with Crippen LogP contribution in [0.4, 0.5) is 5.69 Å². The third kappa shape index (κ3) is 5.37. The summed E-state index contributed by atoms with van der Waals surface area (Å²) < 4.78 is 30.3. The maximum atomic E-state index is 12.4. The van der Waals surface area contributed by atoms with Gasteiger partial charge in [-0.1, -0.05) is 23.7 Å².